The number of hydrogen-bond acceptors (Lipinski definition) is 1. The highest BCUT2D eigenvalue weighted by molar-refractivity contribution is 5.11. The number of nitrogens with one attached hydrogen (secondary N) is 1. The molecule has 0 aromatic heterocycles. The largest absolute Gasteiger partial charge is 0.385 e. The van der Waals surface area contributed by atoms with E-state index in [1.807, 2.05) is 0 Å². The number of allylic oxidation sites excluding steroid dienone is 3. The third kappa shape index (κ3) is 7.02. The molecule has 0 aliphatic heterocycles. The lowest BCUT2D eigenvalue weighted by molar-refractivity contribution is 0.346. The van der Waals surface area contributed by atoms with Crippen molar-refractivity contribution in [2.45, 2.75) is 72.8 Å². The Morgan fingerprint density at radius 3 is 2.76 bits per heavy atom. The van der Waals surface area contributed by atoms with Crippen LogP contribution in [0, 0.1) is 17.8 Å². The van der Waals surface area contributed by atoms with Crippen molar-refractivity contribution in [1.29, 1.82) is 0 Å². The van der Waals surface area contributed by atoms with Crippen LogP contribution in [0.4, 0.5) is 0 Å². The van der Waals surface area contributed by atoms with Crippen molar-refractivity contribution in [2.75, 3.05) is 0 Å². The van der Waals surface area contributed by atoms with Gasteiger partial charge in [-0.15, -0.1) is 0 Å². The van der Waals surface area contributed by atoms with Gasteiger partial charge in [-0.1, -0.05) is 64.5 Å². The molecule has 3 unspecified atom stereocenters. The second-order valence-corrected chi connectivity index (χ2v) is 7.25. The van der Waals surface area contributed by atoms with Gasteiger partial charge in [0.2, 0.25) is 0 Å². The second kappa shape index (κ2) is 9.12. The van der Waals surface area contributed by atoms with E-state index in [1.54, 1.807) is 5.57 Å². The predicted octanol–water partition coefficient (Wildman–Crippen LogP) is 5.85. The van der Waals surface area contributed by atoms with E-state index in [-0.39, 0.29) is 0 Å². The van der Waals surface area contributed by atoms with Gasteiger partial charge in [0, 0.05) is 18.2 Å². The zero-order valence-corrected chi connectivity index (χ0v) is 14.8. The molecular weight excluding hydrogens is 254 g/mol. The molecule has 0 amide bonds. The van der Waals surface area contributed by atoms with Gasteiger partial charge >= 0.3 is 0 Å². The third-order valence-electron chi connectivity index (χ3n) is 4.46. The van der Waals surface area contributed by atoms with E-state index in [0.717, 1.165) is 24.7 Å². The molecule has 1 heteroatoms. The van der Waals surface area contributed by atoms with Crippen LogP contribution in [0.5, 0.6) is 0 Å². The molecule has 0 heterocycles. The lowest BCUT2D eigenvalue weighted by Crippen LogP contribution is -2.36. The smallest absolute Gasteiger partial charge is 0.0323 e. The van der Waals surface area contributed by atoms with Crippen molar-refractivity contribution in [3.63, 3.8) is 0 Å². The first-order chi connectivity index (χ1) is 9.92. The standard InChI is InChI=1S/C20H35N/c1-7-19-14-17(5)11-12-20(19)21-18(6)10-8-9-16(4)13-15(2)3/h8-9,11,15-16,19-21H,6-7,10,12-14H2,1-5H3/b9-8+. The molecule has 1 rings (SSSR count). The van der Waals surface area contributed by atoms with Crippen LogP contribution in [0.15, 0.2) is 36.1 Å². The van der Waals surface area contributed by atoms with E-state index in [1.165, 1.54) is 25.0 Å². The lowest BCUT2D eigenvalue weighted by atomic mass is 9.83. The van der Waals surface area contributed by atoms with Crippen LogP contribution in [-0.2, 0) is 0 Å². The van der Waals surface area contributed by atoms with Crippen LogP contribution in [0.2, 0.25) is 0 Å². The molecule has 0 fully saturated rings. The topological polar surface area (TPSA) is 12.0 Å². The molecule has 1 nitrogen and oxygen atoms in total. The quantitative estimate of drug-likeness (QED) is 0.552. The van der Waals surface area contributed by atoms with Gasteiger partial charge < -0.3 is 5.32 Å². The van der Waals surface area contributed by atoms with Crippen LogP contribution in [0.1, 0.15) is 66.7 Å². The Bertz CT molecular complexity index is 375. The van der Waals surface area contributed by atoms with Gasteiger partial charge in [-0.25, -0.2) is 0 Å². The first-order valence-corrected chi connectivity index (χ1v) is 8.68. The summed E-state index contributed by atoms with van der Waals surface area (Å²) in [6.07, 6.45) is 12.9. The van der Waals surface area contributed by atoms with Gasteiger partial charge in [-0.2, -0.15) is 0 Å². The first-order valence-electron chi connectivity index (χ1n) is 8.68. The summed E-state index contributed by atoms with van der Waals surface area (Å²) in [6.45, 7) is 15.6. The normalized spacial score (nSPS) is 24.2. The fourth-order valence-corrected chi connectivity index (χ4v) is 3.35. The summed E-state index contributed by atoms with van der Waals surface area (Å²) in [5, 5.41) is 3.66. The molecule has 1 aliphatic rings. The molecule has 0 radical (unpaired) electrons. The fourth-order valence-electron chi connectivity index (χ4n) is 3.35. The molecule has 1 aliphatic carbocycles. The molecule has 120 valence electrons. The average molecular weight is 290 g/mol. The fraction of sp³-hybridized carbons (Fsp3) is 0.700. The Hall–Kier alpha value is -0.980. The Kier molecular flexibility index (Phi) is 7.85. The maximum Gasteiger partial charge on any atom is 0.0323 e. The molecule has 0 spiro atoms. The zero-order valence-electron chi connectivity index (χ0n) is 14.8. The van der Waals surface area contributed by atoms with E-state index in [2.05, 4.69) is 64.7 Å². The van der Waals surface area contributed by atoms with E-state index in [9.17, 15) is 0 Å². The maximum absolute atomic E-state index is 4.21. The van der Waals surface area contributed by atoms with Gasteiger partial charge in [0.05, 0.1) is 0 Å². The van der Waals surface area contributed by atoms with Crippen LogP contribution < -0.4 is 5.32 Å². The molecule has 0 aromatic rings. The molecule has 3 atom stereocenters. The number of hydrogen-bond donors (Lipinski definition) is 1. The summed E-state index contributed by atoms with van der Waals surface area (Å²) in [5.41, 5.74) is 2.72. The van der Waals surface area contributed by atoms with Crippen LogP contribution in [0.25, 0.3) is 0 Å². The molecule has 1 N–H and O–H groups in total. The van der Waals surface area contributed by atoms with Crippen molar-refractivity contribution in [2.24, 2.45) is 17.8 Å². The highest BCUT2D eigenvalue weighted by Crippen LogP contribution is 2.27. The zero-order chi connectivity index (χ0) is 15.8. The summed E-state index contributed by atoms with van der Waals surface area (Å²) >= 11 is 0. The molecule has 0 saturated carbocycles. The summed E-state index contributed by atoms with van der Waals surface area (Å²) in [6, 6.07) is 0.577. The maximum atomic E-state index is 4.21. The predicted molar refractivity (Wildman–Crippen MR) is 95.2 cm³/mol. The molecular formula is C20H35N. The lowest BCUT2D eigenvalue weighted by Gasteiger charge is -2.32. The first kappa shape index (κ1) is 18.1. The Morgan fingerprint density at radius 1 is 1.43 bits per heavy atom. The summed E-state index contributed by atoms with van der Waals surface area (Å²) in [5.74, 6) is 2.20. The minimum Gasteiger partial charge on any atom is -0.385 e. The van der Waals surface area contributed by atoms with Crippen molar-refractivity contribution < 1.29 is 0 Å². The van der Waals surface area contributed by atoms with Gasteiger partial charge in [-0.3, -0.25) is 0 Å². The van der Waals surface area contributed by atoms with Gasteiger partial charge in [0.1, 0.15) is 0 Å². The highest BCUT2D eigenvalue weighted by atomic mass is 14.9. The average Bonchev–Trinajstić information content (AvgIpc) is 2.39. The summed E-state index contributed by atoms with van der Waals surface area (Å²) in [7, 11) is 0. The van der Waals surface area contributed by atoms with Gasteiger partial charge in [-0.05, 0) is 43.9 Å². The molecule has 0 saturated heterocycles. The number of rotatable bonds is 8. The van der Waals surface area contributed by atoms with Crippen molar-refractivity contribution in [1.82, 2.24) is 5.32 Å². The van der Waals surface area contributed by atoms with Crippen LogP contribution in [-0.4, -0.2) is 6.04 Å². The van der Waals surface area contributed by atoms with Gasteiger partial charge in [0.25, 0.3) is 0 Å². The summed E-state index contributed by atoms with van der Waals surface area (Å²) < 4.78 is 0. The molecule has 21 heavy (non-hydrogen) atoms. The van der Waals surface area contributed by atoms with Crippen LogP contribution in [0.3, 0.4) is 0 Å². The molecule has 0 aromatic carbocycles. The monoisotopic (exact) mass is 289 g/mol. The Labute approximate surface area is 132 Å². The van der Waals surface area contributed by atoms with E-state index in [0.29, 0.717) is 12.0 Å². The van der Waals surface area contributed by atoms with Crippen molar-refractivity contribution in [3.05, 3.63) is 36.1 Å². The van der Waals surface area contributed by atoms with E-state index < -0.39 is 0 Å². The minimum absolute atomic E-state index is 0.577. The van der Waals surface area contributed by atoms with Crippen LogP contribution >= 0.6 is 0 Å². The summed E-state index contributed by atoms with van der Waals surface area (Å²) in [4.78, 5) is 0. The SMILES string of the molecule is C=C(C/C=C/C(C)CC(C)C)NC1CC=C(C)CC1CC. The molecule has 0 bridgehead atoms. The van der Waals surface area contributed by atoms with E-state index in [4.69, 9.17) is 0 Å². The Balaban J connectivity index is 2.38. The van der Waals surface area contributed by atoms with Crippen molar-refractivity contribution >= 4 is 0 Å². The Morgan fingerprint density at radius 2 is 2.14 bits per heavy atom. The third-order valence-corrected chi connectivity index (χ3v) is 4.46. The van der Waals surface area contributed by atoms with Gasteiger partial charge in [0.15, 0.2) is 0 Å². The van der Waals surface area contributed by atoms with Crippen molar-refractivity contribution in [3.8, 4) is 0 Å². The minimum atomic E-state index is 0.577. The second-order valence-electron chi connectivity index (χ2n) is 7.25. The highest BCUT2D eigenvalue weighted by Gasteiger charge is 2.22. The van der Waals surface area contributed by atoms with E-state index >= 15 is 0 Å².